The average molecular weight is 521 g/mol. The molecule has 1 aromatic heterocycles. The number of carbonyl (C=O) groups excluding carboxylic acids is 2. The van der Waals surface area contributed by atoms with Crippen LogP contribution in [0.2, 0.25) is 5.02 Å². The minimum absolute atomic E-state index is 0.148. The summed E-state index contributed by atoms with van der Waals surface area (Å²) >= 11 is 5.80. The number of anilines is 2. The van der Waals surface area contributed by atoms with Crippen molar-refractivity contribution >= 4 is 44.9 Å². The maximum Gasteiger partial charge on any atom is 0.338 e. The van der Waals surface area contributed by atoms with Crippen LogP contribution in [-0.4, -0.2) is 35.4 Å². The molecule has 1 heterocycles. The minimum atomic E-state index is -4.06. The number of hydrogen-bond acceptors (Lipinski definition) is 8. The number of aromatic nitrogens is 2. The van der Waals surface area contributed by atoms with Crippen LogP contribution in [0.4, 0.5) is 11.5 Å². The zero-order valence-corrected chi connectivity index (χ0v) is 20.4. The highest BCUT2D eigenvalue weighted by molar-refractivity contribution is 7.92. The third-order valence-electron chi connectivity index (χ3n) is 5.09. The normalized spacial score (nSPS) is 12.1. The molecular formula is C22H21ClN4O7S. The van der Waals surface area contributed by atoms with E-state index in [0.717, 1.165) is 10.6 Å². The molecular weight excluding hydrogens is 500 g/mol. The number of rotatable bonds is 7. The van der Waals surface area contributed by atoms with E-state index in [4.69, 9.17) is 22.1 Å². The van der Waals surface area contributed by atoms with E-state index in [9.17, 15) is 27.6 Å². The fourth-order valence-corrected chi connectivity index (χ4v) is 4.33. The second kappa shape index (κ2) is 9.76. The average Bonchev–Trinajstić information content (AvgIpc) is 2.82. The monoisotopic (exact) mass is 520 g/mol. The molecule has 2 aromatic carbocycles. The molecule has 0 aliphatic rings. The highest BCUT2D eigenvalue weighted by atomic mass is 35.5. The van der Waals surface area contributed by atoms with Gasteiger partial charge in [0.05, 0.1) is 10.5 Å². The van der Waals surface area contributed by atoms with Crippen LogP contribution in [-0.2, 0) is 28.9 Å². The van der Waals surface area contributed by atoms with Crippen LogP contribution in [0.25, 0.3) is 0 Å². The van der Waals surface area contributed by atoms with Crippen LogP contribution < -0.4 is 21.7 Å². The van der Waals surface area contributed by atoms with E-state index in [1.54, 1.807) is 0 Å². The first kappa shape index (κ1) is 25.7. The molecule has 0 aliphatic heterocycles. The summed E-state index contributed by atoms with van der Waals surface area (Å²) in [7, 11) is -1.59. The van der Waals surface area contributed by atoms with Crippen molar-refractivity contribution in [3.8, 4) is 0 Å². The summed E-state index contributed by atoms with van der Waals surface area (Å²) in [6.45, 7) is 1.23. The zero-order chi connectivity index (χ0) is 26.1. The summed E-state index contributed by atoms with van der Waals surface area (Å²) in [5, 5.41) is 0.429. The van der Waals surface area contributed by atoms with Crippen molar-refractivity contribution in [2.45, 2.75) is 17.9 Å². The van der Waals surface area contributed by atoms with Crippen molar-refractivity contribution < 1.29 is 22.7 Å². The molecule has 0 fully saturated rings. The summed E-state index contributed by atoms with van der Waals surface area (Å²) in [4.78, 5) is 49.6. The maximum atomic E-state index is 12.8. The predicted octanol–water partition coefficient (Wildman–Crippen LogP) is 1.55. The van der Waals surface area contributed by atoms with E-state index < -0.39 is 44.7 Å². The number of esters is 1. The van der Waals surface area contributed by atoms with Crippen LogP contribution in [0, 0.1) is 0 Å². The molecule has 0 saturated heterocycles. The Morgan fingerprint density at radius 3 is 2.31 bits per heavy atom. The Kier molecular flexibility index (Phi) is 7.17. The molecule has 3 rings (SSSR count). The Hall–Kier alpha value is -3.90. The molecule has 0 spiro atoms. The molecule has 0 radical (unpaired) electrons. The van der Waals surface area contributed by atoms with Gasteiger partial charge in [-0.15, -0.1) is 0 Å². The van der Waals surface area contributed by atoms with Gasteiger partial charge in [-0.25, -0.2) is 18.0 Å². The first-order valence-corrected chi connectivity index (χ1v) is 11.9. The van der Waals surface area contributed by atoms with Crippen LogP contribution in [0.3, 0.4) is 0 Å². The number of benzene rings is 2. The number of Topliss-reactive ketones (excluding diaryl/α,β-unsaturated/α-hetero) is 1. The number of ether oxygens (including phenoxy) is 1. The van der Waals surface area contributed by atoms with E-state index in [2.05, 4.69) is 4.72 Å². The number of carbonyl (C=O) groups is 2. The van der Waals surface area contributed by atoms with Gasteiger partial charge in [0.15, 0.2) is 6.10 Å². The predicted molar refractivity (Wildman–Crippen MR) is 129 cm³/mol. The second-order valence-electron chi connectivity index (χ2n) is 7.52. The van der Waals surface area contributed by atoms with Crippen LogP contribution >= 0.6 is 11.6 Å². The highest BCUT2D eigenvalue weighted by Gasteiger charge is 2.28. The molecule has 0 unspecified atom stereocenters. The molecule has 184 valence electrons. The van der Waals surface area contributed by atoms with Gasteiger partial charge >= 0.3 is 11.7 Å². The van der Waals surface area contributed by atoms with Gasteiger partial charge in [0.2, 0.25) is 5.78 Å². The van der Waals surface area contributed by atoms with Crippen molar-refractivity contribution in [3.05, 3.63) is 85.5 Å². The third-order valence-corrected chi connectivity index (χ3v) is 6.72. The summed E-state index contributed by atoms with van der Waals surface area (Å²) < 4.78 is 34.6. The fraction of sp³-hybridized carbons (Fsp3) is 0.182. The van der Waals surface area contributed by atoms with Crippen molar-refractivity contribution in [2.24, 2.45) is 14.1 Å². The summed E-state index contributed by atoms with van der Waals surface area (Å²) in [6, 6.07) is 11.0. The highest BCUT2D eigenvalue weighted by Crippen LogP contribution is 2.20. The van der Waals surface area contributed by atoms with E-state index in [0.29, 0.717) is 9.59 Å². The Morgan fingerprint density at radius 2 is 1.69 bits per heavy atom. The van der Waals surface area contributed by atoms with Gasteiger partial charge < -0.3 is 10.5 Å². The molecule has 0 bridgehead atoms. The lowest BCUT2D eigenvalue weighted by molar-refractivity contribution is 0.0318. The van der Waals surface area contributed by atoms with Gasteiger partial charge in [0.25, 0.3) is 15.6 Å². The number of ketones is 1. The Labute approximate surface area is 204 Å². The van der Waals surface area contributed by atoms with Crippen LogP contribution in [0.5, 0.6) is 0 Å². The molecule has 13 heteroatoms. The topological polar surface area (TPSA) is 160 Å². The molecule has 0 aliphatic carbocycles. The number of nitrogens with one attached hydrogen (secondary N) is 1. The van der Waals surface area contributed by atoms with Gasteiger partial charge in [-0.05, 0) is 49.4 Å². The number of sulfonamides is 1. The number of nitrogens with zero attached hydrogens (tertiary/aromatic N) is 2. The van der Waals surface area contributed by atoms with E-state index in [-0.39, 0.29) is 22.0 Å². The molecule has 3 N–H and O–H groups in total. The van der Waals surface area contributed by atoms with Gasteiger partial charge in [-0.1, -0.05) is 17.7 Å². The Bertz CT molecular complexity index is 1540. The first-order valence-electron chi connectivity index (χ1n) is 10.0. The maximum absolute atomic E-state index is 12.8. The van der Waals surface area contributed by atoms with Gasteiger partial charge in [0, 0.05) is 24.8 Å². The number of nitrogens with two attached hydrogens (primary N) is 1. The van der Waals surface area contributed by atoms with E-state index >= 15 is 0 Å². The Balaban J connectivity index is 1.83. The molecule has 0 saturated carbocycles. The summed E-state index contributed by atoms with van der Waals surface area (Å²) in [5.74, 6) is -2.29. The van der Waals surface area contributed by atoms with Crippen molar-refractivity contribution in [3.63, 3.8) is 0 Å². The van der Waals surface area contributed by atoms with Crippen molar-refractivity contribution in [1.82, 2.24) is 9.13 Å². The van der Waals surface area contributed by atoms with E-state index in [1.807, 2.05) is 0 Å². The van der Waals surface area contributed by atoms with E-state index in [1.165, 1.54) is 63.5 Å². The lowest BCUT2D eigenvalue weighted by Gasteiger charge is -2.15. The number of halogens is 1. The Morgan fingerprint density at radius 1 is 1.06 bits per heavy atom. The van der Waals surface area contributed by atoms with Crippen molar-refractivity contribution in [2.75, 3.05) is 10.5 Å². The molecule has 3 aromatic rings. The van der Waals surface area contributed by atoms with Gasteiger partial charge in [0.1, 0.15) is 11.4 Å². The standard InChI is InChI=1S/C22H21ClN4O7S/c1-12(18(28)17-19(24)26(2)22(31)27(3)20(17)29)34-21(30)13-5-4-6-16(11-13)35(32,33)25-15-9-7-14(23)8-10-15/h4-12,25H,24H2,1-3H3/t12-/m0/s1. The van der Waals surface area contributed by atoms with Gasteiger partial charge in [-0.3, -0.25) is 23.4 Å². The first-order chi connectivity index (χ1) is 16.3. The zero-order valence-electron chi connectivity index (χ0n) is 18.8. The minimum Gasteiger partial charge on any atom is -0.451 e. The quantitative estimate of drug-likeness (QED) is 0.350. The fourth-order valence-electron chi connectivity index (χ4n) is 3.10. The van der Waals surface area contributed by atoms with Crippen LogP contribution in [0.1, 0.15) is 27.6 Å². The van der Waals surface area contributed by atoms with Crippen LogP contribution in [0.15, 0.2) is 63.0 Å². The lowest BCUT2D eigenvalue weighted by atomic mass is 10.1. The number of nitrogen functional groups attached to an aromatic ring is 1. The summed E-state index contributed by atoms with van der Waals surface area (Å²) in [6.07, 6.45) is -1.46. The summed E-state index contributed by atoms with van der Waals surface area (Å²) in [5.41, 5.74) is 3.74. The van der Waals surface area contributed by atoms with Gasteiger partial charge in [-0.2, -0.15) is 0 Å². The second-order valence-corrected chi connectivity index (χ2v) is 9.64. The third kappa shape index (κ3) is 5.28. The SMILES string of the molecule is C[C@H](OC(=O)c1cccc(S(=O)(=O)Nc2ccc(Cl)cc2)c1)C(=O)c1c(N)n(C)c(=O)n(C)c1=O. The molecule has 11 nitrogen and oxygen atoms in total. The largest absolute Gasteiger partial charge is 0.451 e. The molecule has 0 amide bonds. The molecule has 35 heavy (non-hydrogen) atoms. The van der Waals surface area contributed by atoms with Crippen molar-refractivity contribution in [1.29, 1.82) is 0 Å². The lowest BCUT2D eigenvalue weighted by Crippen LogP contribution is -2.43. The number of hydrogen-bond donors (Lipinski definition) is 2. The molecule has 1 atom stereocenters. The smallest absolute Gasteiger partial charge is 0.338 e.